The molecule has 0 spiro atoms. The Morgan fingerprint density at radius 3 is 2.11 bits per heavy atom. The zero-order valence-electron chi connectivity index (χ0n) is 20.5. The average Bonchev–Trinajstić information content (AvgIpc) is 2.88. The number of nitrogens with zero attached hydrogens (tertiary/aromatic N) is 1. The molecule has 4 nitrogen and oxygen atoms in total. The summed E-state index contributed by atoms with van der Waals surface area (Å²) in [4.78, 5) is 29.2. The van der Waals surface area contributed by atoms with Crippen LogP contribution in [0.2, 0.25) is 0 Å². The summed E-state index contributed by atoms with van der Waals surface area (Å²) >= 11 is 0. The van der Waals surface area contributed by atoms with Gasteiger partial charge in [-0.1, -0.05) is 68.4 Å². The molecular formula is C31H31NO3. The highest BCUT2D eigenvalue weighted by Gasteiger charge is 2.42. The monoisotopic (exact) mass is 465 g/mol. The molecule has 0 fully saturated rings. The SMILES string of the molecule is COc1ccc(N2C(=O)CC(c3ccc(C(C)C)cc3)C3=C2CC(c2ccccc2)CC3=O)cc1. The molecule has 35 heavy (non-hydrogen) atoms. The van der Waals surface area contributed by atoms with Crippen molar-refractivity contribution in [2.45, 2.75) is 50.9 Å². The van der Waals surface area contributed by atoms with E-state index < -0.39 is 0 Å². The minimum atomic E-state index is -0.211. The average molecular weight is 466 g/mol. The number of ether oxygens (including phenoxy) is 1. The van der Waals surface area contributed by atoms with E-state index in [9.17, 15) is 9.59 Å². The van der Waals surface area contributed by atoms with Crippen LogP contribution in [-0.2, 0) is 9.59 Å². The second kappa shape index (κ2) is 9.53. The number of rotatable bonds is 5. The Labute approximate surface area is 207 Å². The minimum absolute atomic E-state index is 0.0216. The van der Waals surface area contributed by atoms with Crippen LogP contribution < -0.4 is 9.64 Å². The molecule has 3 aromatic carbocycles. The van der Waals surface area contributed by atoms with Gasteiger partial charge in [0.2, 0.25) is 5.91 Å². The van der Waals surface area contributed by atoms with Gasteiger partial charge in [0.25, 0.3) is 0 Å². The molecule has 1 heterocycles. The smallest absolute Gasteiger partial charge is 0.232 e. The maximum Gasteiger partial charge on any atom is 0.232 e. The van der Waals surface area contributed by atoms with E-state index in [0.29, 0.717) is 18.8 Å². The van der Waals surface area contributed by atoms with Gasteiger partial charge < -0.3 is 4.74 Å². The van der Waals surface area contributed by atoms with E-state index in [1.54, 1.807) is 12.0 Å². The van der Waals surface area contributed by atoms with Crippen LogP contribution in [0.5, 0.6) is 5.75 Å². The predicted octanol–water partition coefficient (Wildman–Crippen LogP) is 6.74. The van der Waals surface area contributed by atoms with E-state index in [2.05, 4.69) is 50.2 Å². The van der Waals surface area contributed by atoms with Crippen LogP contribution in [0.25, 0.3) is 0 Å². The second-order valence-electron chi connectivity index (χ2n) is 9.80. The highest BCUT2D eigenvalue weighted by Crippen LogP contribution is 2.47. The topological polar surface area (TPSA) is 46.6 Å². The first-order chi connectivity index (χ1) is 17.0. The van der Waals surface area contributed by atoms with E-state index in [1.165, 1.54) is 5.56 Å². The summed E-state index contributed by atoms with van der Waals surface area (Å²) in [5.41, 5.74) is 5.84. The lowest BCUT2D eigenvalue weighted by Gasteiger charge is -2.40. The number of hydrogen-bond acceptors (Lipinski definition) is 3. The first kappa shape index (κ1) is 23.1. The zero-order valence-corrected chi connectivity index (χ0v) is 20.5. The van der Waals surface area contributed by atoms with Gasteiger partial charge in [-0.25, -0.2) is 0 Å². The molecule has 1 aliphatic carbocycles. The molecule has 0 aromatic heterocycles. The molecule has 2 atom stereocenters. The number of Topliss-reactive ketones (excluding diaryl/α,β-unsaturated/α-hetero) is 1. The Kier molecular flexibility index (Phi) is 6.29. The highest BCUT2D eigenvalue weighted by molar-refractivity contribution is 6.08. The highest BCUT2D eigenvalue weighted by atomic mass is 16.5. The molecule has 4 heteroatoms. The molecule has 178 valence electrons. The van der Waals surface area contributed by atoms with Crippen LogP contribution in [0.15, 0.2) is 90.1 Å². The van der Waals surface area contributed by atoms with Crippen molar-refractivity contribution < 1.29 is 14.3 Å². The third-order valence-corrected chi connectivity index (χ3v) is 7.34. The number of anilines is 1. The van der Waals surface area contributed by atoms with Gasteiger partial charge >= 0.3 is 0 Å². The predicted molar refractivity (Wildman–Crippen MR) is 139 cm³/mol. The van der Waals surface area contributed by atoms with Crippen molar-refractivity contribution in [3.05, 3.63) is 107 Å². The van der Waals surface area contributed by atoms with Crippen LogP contribution in [-0.4, -0.2) is 18.8 Å². The number of carbonyl (C=O) groups excluding carboxylic acids is 2. The lowest BCUT2D eigenvalue weighted by Crippen LogP contribution is -2.41. The van der Waals surface area contributed by atoms with E-state index in [-0.39, 0.29) is 29.9 Å². The van der Waals surface area contributed by atoms with Gasteiger partial charge in [0.15, 0.2) is 5.78 Å². The Hall–Kier alpha value is -3.66. The summed E-state index contributed by atoms with van der Waals surface area (Å²) < 4.78 is 5.31. The molecule has 0 N–H and O–H groups in total. The number of benzene rings is 3. The molecule has 0 radical (unpaired) electrons. The van der Waals surface area contributed by atoms with Crippen LogP contribution in [0.1, 0.15) is 67.6 Å². The minimum Gasteiger partial charge on any atom is -0.497 e. The molecule has 1 aliphatic heterocycles. The van der Waals surface area contributed by atoms with Crippen LogP contribution in [0, 0.1) is 0 Å². The fraction of sp³-hybridized carbons (Fsp3) is 0.290. The maximum atomic E-state index is 13.7. The normalized spacial score (nSPS) is 20.3. The third kappa shape index (κ3) is 4.41. The Balaban J connectivity index is 1.61. The maximum absolute atomic E-state index is 13.7. The van der Waals surface area contributed by atoms with Crippen molar-refractivity contribution in [1.29, 1.82) is 0 Å². The molecule has 3 aromatic rings. The Morgan fingerprint density at radius 1 is 0.800 bits per heavy atom. The van der Waals surface area contributed by atoms with Gasteiger partial charge in [-0.3, -0.25) is 14.5 Å². The van der Waals surface area contributed by atoms with Gasteiger partial charge in [0.1, 0.15) is 5.75 Å². The number of amides is 1. The van der Waals surface area contributed by atoms with Gasteiger partial charge in [0, 0.05) is 35.7 Å². The van der Waals surface area contributed by atoms with Gasteiger partial charge in [-0.15, -0.1) is 0 Å². The van der Waals surface area contributed by atoms with Crippen molar-refractivity contribution >= 4 is 17.4 Å². The van der Waals surface area contributed by atoms with Gasteiger partial charge in [0.05, 0.1) is 7.11 Å². The van der Waals surface area contributed by atoms with E-state index >= 15 is 0 Å². The van der Waals surface area contributed by atoms with Crippen LogP contribution >= 0.6 is 0 Å². The van der Waals surface area contributed by atoms with Crippen LogP contribution in [0.3, 0.4) is 0 Å². The summed E-state index contributed by atoms with van der Waals surface area (Å²) in [6, 6.07) is 26.1. The molecule has 0 saturated heterocycles. The summed E-state index contributed by atoms with van der Waals surface area (Å²) in [5.74, 6) is 1.17. The lowest BCUT2D eigenvalue weighted by molar-refractivity contribution is -0.120. The van der Waals surface area contributed by atoms with Crippen molar-refractivity contribution in [1.82, 2.24) is 0 Å². The third-order valence-electron chi connectivity index (χ3n) is 7.34. The fourth-order valence-corrected chi connectivity index (χ4v) is 5.43. The number of hydrogen-bond donors (Lipinski definition) is 0. The summed E-state index contributed by atoms with van der Waals surface area (Å²) in [6.45, 7) is 4.34. The van der Waals surface area contributed by atoms with E-state index in [0.717, 1.165) is 33.8 Å². The number of allylic oxidation sites excluding steroid dienone is 2. The molecule has 5 rings (SSSR count). The van der Waals surface area contributed by atoms with E-state index in [4.69, 9.17) is 4.74 Å². The quantitative estimate of drug-likeness (QED) is 0.419. The van der Waals surface area contributed by atoms with Crippen molar-refractivity contribution in [2.24, 2.45) is 0 Å². The second-order valence-corrected chi connectivity index (χ2v) is 9.80. The molecule has 1 amide bonds. The fourth-order valence-electron chi connectivity index (χ4n) is 5.43. The molecule has 0 bridgehead atoms. The number of methoxy groups -OCH3 is 1. The van der Waals surface area contributed by atoms with Crippen LogP contribution in [0.4, 0.5) is 5.69 Å². The summed E-state index contributed by atoms with van der Waals surface area (Å²) in [5, 5.41) is 0. The summed E-state index contributed by atoms with van der Waals surface area (Å²) in [6.07, 6.45) is 1.41. The summed E-state index contributed by atoms with van der Waals surface area (Å²) in [7, 11) is 1.63. The van der Waals surface area contributed by atoms with E-state index in [1.807, 2.05) is 42.5 Å². The number of carbonyl (C=O) groups is 2. The first-order valence-electron chi connectivity index (χ1n) is 12.3. The van der Waals surface area contributed by atoms with Gasteiger partial charge in [-0.05, 0) is 59.2 Å². The lowest BCUT2D eigenvalue weighted by atomic mass is 9.72. The first-order valence-corrected chi connectivity index (χ1v) is 12.3. The molecule has 0 saturated carbocycles. The Bertz CT molecular complexity index is 1260. The number of ketones is 1. The van der Waals surface area contributed by atoms with Crippen molar-refractivity contribution in [3.63, 3.8) is 0 Å². The molecule has 2 unspecified atom stereocenters. The molecule has 2 aliphatic rings. The Morgan fingerprint density at radius 2 is 1.49 bits per heavy atom. The molecular weight excluding hydrogens is 434 g/mol. The zero-order chi connectivity index (χ0) is 24.5. The largest absolute Gasteiger partial charge is 0.497 e. The van der Waals surface area contributed by atoms with Gasteiger partial charge in [-0.2, -0.15) is 0 Å². The van der Waals surface area contributed by atoms with Crippen molar-refractivity contribution in [2.75, 3.05) is 12.0 Å². The standard InChI is InChI=1S/C31H31NO3/c1-20(2)21-9-11-23(12-10-21)27-19-30(34)32(25-13-15-26(35-3)16-14-25)28-17-24(18-29(33)31(27)28)22-7-5-4-6-8-22/h4-16,20,24,27H,17-19H2,1-3H3. The van der Waals surface area contributed by atoms with Crippen molar-refractivity contribution in [3.8, 4) is 5.75 Å².